The molecular formula is C16H18N2OS2. The van der Waals surface area contributed by atoms with Gasteiger partial charge in [0.15, 0.2) is 0 Å². The maximum absolute atomic E-state index is 12.1. The largest absolute Gasteiger partial charge is 0.398 e. The summed E-state index contributed by atoms with van der Waals surface area (Å²) in [5, 5.41) is 2.94. The Bertz CT molecular complexity index is 644. The van der Waals surface area contributed by atoms with Crippen LogP contribution in [-0.2, 0) is 4.79 Å². The van der Waals surface area contributed by atoms with Gasteiger partial charge in [-0.05, 0) is 43.0 Å². The standard InChI is InChI=1S/C16H18N2OS2/c1-11-7-8-12(17)15(9-11)21-10-16(19)18-13-5-3-4-6-14(13)20-2/h3-9H,10,17H2,1-2H3,(H,18,19). The van der Waals surface area contributed by atoms with Gasteiger partial charge in [0, 0.05) is 15.5 Å². The van der Waals surface area contributed by atoms with E-state index in [2.05, 4.69) is 5.32 Å². The van der Waals surface area contributed by atoms with Crippen molar-refractivity contribution in [3.8, 4) is 0 Å². The molecule has 0 bridgehead atoms. The minimum absolute atomic E-state index is 0.0255. The van der Waals surface area contributed by atoms with Gasteiger partial charge < -0.3 is 11.1 Å². The van der Waals surface area contributed by atoms with Crippen molar-refractivity contribution in [1.82, 2.24) is 0 Å². The fourth-order valence-corrected chi connectivity index (χ4v) is 3.26. The molecule has 0 fully saturated rings. The molecule has 0 atom stereocenters. The highest BCUT2D eigenvalue weighted by molar-refractivity contribution is 8.00. The Balaban J connectivity index is 1.97. The van der Waals surface area contributed by atoms with Gasteiger partial charge in [-0.15, -0.1) is 23.5 Å². The number of nitrogens with two attached hydrogens (primary N) is 1. The average molecular weight is 318 g/mol. The number of thioether (sulfide) groups is 2. The van der Waals surface area contributed by atoms with Crippen LogP contribution in [0.5, 0.6) is 0 Å². The lowest BCUT2D eigenvalue weighted by Crippen LogP contribution is -2.14. The van der Waals surface area contributed by atoms with Crippen molar-refractivity contribution in [3.05, 3.63) is 48.0 Å². The predicted octanol–water partition coefficient (Wildman–Crippen LogP) is 4.03. The number of aryl methyl sites for hydroxylation is 1. The van der Waals surface area contributed by atoms with Gasteiger partial charge in [-0.3, -0.25) is 4.79 Å². The molecule has 0 aromatic heterocycles. The van der Waals surface area contributed by atoms with Crippen molar-refractivity contribution in [2.24, 2.45) is 0 Å². The Hall–Kier alpha value is -1.59. The van der Waals surface area contributed by atoms with Crippen molar-refractivity contribution in [3.63, 3.8) is 0 Å². The van der Waals surface area contributed by atoms with E-state index in [9.17, 15) is 4.79 Å². The molecule has 21 heavy (non-hydrogen) atoms. The number of nitrogen functional groups attached to an aromatic ring is 1. The van der Waals surface area contributed by atoms with Crippen molar-refractivity contribution in [2.45, 2.75) is 16.7 Å². The van der Waals surface area contributed by atoms with E-state index >= 15 is 0 Å². The highest BCUT2D eigenvalue weighted by atomic mass is 32.2. The number of amides is 1. The van der Waals surface area contributed by atoms with E-state index < -0.39 is 0 Å². The quantitative estimate of drug-likeness (QED) is 0.645. The Morgan fingerprint density at radius 1 is 1.19 bits per heavy atom. The first-order valence-electron chi connectivity index (χ1n) is 6.52. The van der Waals surface area contributed by atoms with Gasteiger partial charge in [0.2, 0.25) is 5.91 Å². The molecule has 3 nitrogen and oxygen atoms in total. The van der Waals surface area contributed by atoms with Crippen LogP contribution in [0.25, 0.3) is 0 Å². The molecule has 0 saturated carbocycles. The second-order valence-electron chi connectivity index (χ2n) is 4.58. The van der Waals surface area contributed by atoms with E-state index in [0.29, 0.717) is 11.4 Å². The van der Waals surface area contributed by atoms with Crippen LogP contribution < -0.4 is 11.1 Å². The molecule has 2 aromatic rings. The van der Waals surface area contributed by atoms with Crippen LogP contribution in [0.1, 0.15) is 5.56 Å². The number of para-hydroxylation sites is 1. The fourth-order valence-electron chi connectivity index (χ4n) is 1.84. The molecule has 0 aliphatic carbocycles. The zero-order valence-corrected chi connectivity index (χ0v) is 13.7. The Kier molecular flexibility index (Phi) is 5.59. The lowest BCUT2D eigenvalue weighted by molar-refractivity contribution is -0.113. The van der Waals surface area contributed by atoms with E-state index in [1.54, 1.807) is 11.8 Å². The Morgan fingerprint density at radius 2 is 1.95 bits per heavy atom. The third-order valence-electron chi connectivity index (χ3n) is 2.91. The number of anilines is 2. The zero-order chi connectivity index (χ0) is 15.2. The topological polar surface area (TPSA) is 55.1 Å². The lowest BCUT2D eigenvalue weighted by atomic mass is 10.2. The van der Waals surface area contributed by atoms with Crippen LogP contribution in [0, 0.1) is 6.92 Å². The van der Waals surface area contributed by atoms with Gasteiger partial charge >= 0.3 is 0 Å². The first-order valence-corrected chi connectivity index (χ1v) is 8.73. The Labute approximate surface area is 133 Å². The van der Waals surface area contributed by atoms with Crippen molar-refractivity contribution < 1.29 is 4.79 Å². The van der Waals surface area contributed by atoms with Crippen LogP contribution in [-0.4, -0.2) is 17.9 Å². The SMILES string of the molecule is CSc1ccccc1NC(=O)CSc1cc(C)ccc1N. The van der Waals surface area contributed by atoms with Gasteiger partial charge in [0.1, 0.15) is 0 Å². The molecule has 0 heterocycles. The highest BCUT2D eigenvalue weighted by Gasteiger charge is 2.08. The van der Waals surface area contributed by atoms with Gasteiger partial charge in [-0.1, -0.05) is 18.2 Å². The molecule has 0 aliphatic rings. The maximum atomic E-state index is 12.1. The van der Waals surface area contributed by atoms with E-state index in [0.717, 1.165) is 21.0 Å². The van der Waals surface area contributed by atoms with Gasteiger partial charge in [0.05, 0.1) is 11.4 Å². The number of benzene rings is 2. The molecule has 0 unspecified atom stereocenters. The first kappa shape index (κ1) is 15.8. The number of carbonyl (C=O) groups is 1. The monoisotopic (exact) mass is 318 g/mol. The third-order valence-corrected chi connectivity index (χ3v) is 4.78. The normalized spacial score (nSPS) is 10.4. The molecule has 0 aliphatic heterocycles. The molecule has 0 spiro atoms. The lowest BCUT2D eigenvalue weighted by Gasteiger charge is -2.10. The van der Waals surface area contributed by atoms with Crippen LogP contribution in [0.15, 0.2) is 52.3 Å². The minimum atomic E-state index is -0.0255. The summed E-state index contributed by atoms with van der Waals surface area (Å²) < 4.78 is 0. The van der Waals surface area contributed by atoms with Gasteiger partial charge in [0.25, 0.3) is 0 Å². The predicted molar refractivity (Wildman–Crippen MR) is 93.2 cm³/mol. The number of carbonyl (C=O) groups excluding carboxylic acids is 1. The van der Waals surface area contributed by atoms with Crippen LogP contribution in [0.2, 0.25) is 0 Å². The van der Waals surface area contributed by atoms with E-state index in [1.165, 1.54) is 11.8 Å². The molecule has 2 aromatic carbocycles. The summed E-state index contributed by atoms with van der Waals surface area (Å²) in [5.74, 6) is 0.318. The molecular weight excluding hydrogens is 300 g/mol. The summed E-state index contributed by atoms with van der Waals surface area (Å²) in [7, 11) is 0. The van der Waals surface area contributed by atoms with E-state index in [1.807, 2.05) is 55.6 Å². The van der Waals surface area contributed by atoms with Crippen LogP contribution in [0.3, 0.4) is 0 Å². The average Bonchev–Trinajstić information content (AvgIpc) is 2.49. The summed E-state index contributed by atoms with van der Waals surface area (Å²) in [4.78, 5) is 14.1. The summed E-state index contributed by atoms with van der Waals surface area (Å²) in [6.07, 6.45) is 1.99. The zero-order valence-electron chi connectivity index (χ0n) is 12.1. The van der Waals surface area contributed by atoms with E-state index in [4.69, 9.17) is 5.73 Å². The smallest absolute Gasteiger partial charge is 0.234 e. The molecule has 3 N–H and O–H groups in total. The number of nitrogens with one attached hydrogen (secondary N) is 1. The number of hydrogen-bond acceptors (Lipinski definition) is 4. The molecule has 0 saturated heterocycles. The van der Waals surface area contributed by atoms with Crippen LogP contribution in [0.4, 0.5) is 11.4 Å². The van der Waals surface area contributed by atoms with Gasteiger partial charge in [-0.25, -0.2) is 0 Å². The molecule has 0 radical (unpaired) electrons. The molecule has 1 amide bonds. The van der Waals surface area contributed by atoms with Crippen molar-refractivity contribution in [1.29, 1.82) is 0 Å². The summed E-state index contributed by atoms with van der Waals surface area (Å²) in [6, 6.07) is 13.6. The van der Waals surface area contributed by atoms with Crippen LogP contribution >= 0.6 is 23.5 Å². The highest BCUT2D eigenvalue weighted by Crippen LogP contribution is 2.27. The minimum Gasteiger partial charge on any atom is -0.398 e. The first-order chi connectivity index (χ1) is 10.1. The second kappa shape index (κ2) is 7.43. The number of hydrogen-bond donors (Lipinski definition) is 2. The van der Waals surface area contributed by atoms with E-state index in [-0.39, 0.29) is 5.91 Å². The third kappa shape index (κ3) is 4.44. The summed E-state index contributed by atoms with van der Waals surface area (Å²) in [5.41, 5.74) is 8.62. The van der Waals surface area contributed by atoms with Crippen molar-refractivity contribution >= 4 is 40.8 Å². The maximum Gasteiger partial charge on any atom is 0.234 e. The van der Waals surface area contributed by atoms with Gasteiger partial charge in [-0.2, -0.15) is 0 Å². The molecule has 5 heteroatoms. The Morgan fingerprint density at radius 3 is 2.71 bits per heavy atom. The fraction of sp³-hybridized carbons (Fsp3) is 0.188. The summed E-state index contributed by atoms with van der Waals surface area (Å²) >= 11 is 3.07. The number of rotatable bonds is 5. The molecule has 110 valence electrons. The second-order valence-corrected chi connectivity index (χ2v) is 6.44. The summed E-state index contributed by atoms with van der Waals surface area (Å²) in [6.45, 7) is 2.01. The molecule has 2 rings (SSSR count). The van der Waals surface area contributed by atoms with Crippen molar-refractivity contribution in [2.75, 3.05) is 23.1 Å².